The van der Waals surface area contributed by atoms with Crippen LogP contribution >= 0.6 is 0 Å². The molecule has 3 rings (SSSR count). The highest BCUT2D eigenvalue weighted by atomic mass is 16.2. The summed E-state index contributed by atoms with van der Waals surface area (Å²) in [6, 6.07) is 1.15. The van der Waals surface area contributed by atoms with Crippen LogP contribution in [0.15, 0.2) is 0 Å². The van der Waals surface area contributed by atoms with E-state index in [9.17, 15) is 4.79 Å². The molecular weight excluding hydrogens is 224 g/mol. The lowest BCUT2D eigenvalue weighted by Gasteiger charge is -2.29. The van der Waals surface area contributed by atoms with Gasteiger partial charge in [0.25, 0.3) is 0 Å². The van der Waals surface area contributed by atoms with Gasteiger partial charge in [-0.15, -0.1) is 0 Å². The minimum absolute atomic E-state index is 0.429. The third-order valence-corrected chi connectivity index (χ3v) is 4.88. The summed E-state index contributed by atoms with van der Waals surface area (Å²) >= 11 is 0. The highest BCUT2D eigenvalue weighted by Gasteiger charge is 2.34. The van der Waals surface area contributed by atoms with Gasteiger partial charge in [0.15, 0.2) is 0 Å². The van der Waals surface area contributed by atoms with Crippen molar-refractivity contribution in [2.24, 2.45) is 5.92 Å². The van der Waals surface area contributed by atoms with Crippen molar-refractivity contribution in [1.29, 1.82) is 0 Å². The number of carbonyl (C=O) groups is 1. The van der Waals surface area contributed by atoms with E-state index in [0.29, 0.717) is 18.0 Å². The van der Waals surface area contributed by atoms with Crippen LogP contribution in [0.4, 0.5) is 0 Å². The highest BCUT2D eigenvalue weighted by Crippen LogP contribution is 2.32. The van der Waals surface area contributed by atoms with Gasteiger partial charge in [-0.05, 0) is 44.6 Å². The Bertz CT molecular complexity index is 291. The Morgan fingerprint density at radius 2 is 1.94 bits per heavy atom. The average molecular weight is 250 g/mol. The number of carbonyl (C=O) groups excluding carboxylic acids is 1. The molecule has 3 heteroatoms. The fourth-order valence-corrected chi connectivity index (χ4v) is 3.24. The van der Waals surface area contributed by atoms with Gasteiger partial charge in [-0.1, -0.05) is 19.3 Å². The van der Waals surface area contributed by atoms with Gasteiger partial charge in [-0.2, -0.15) is 0 Å². The SMILES string of the molecule is O=C(CCC1CCC1)N(C[C@@H]1CCCN1)C1CC1. The van der Waals surface area contributed by atoms with E-state index in [1.165, 1.54) is 44.9 Å². The van der Waals surface area contributed by atoms with Crippen molar-refractivity contribution in [3.63, 3.8) is 0 Å². The summed E-state index contributed by atoms with van der Waals surface area (Å²) in [4.78, 5) is 14.6. The van der Waals surface area contributed by atoms with E-state index in [-0.39, 0.29) is 0 Å². The van der Waals surface area contributed by atoms with E-state index in [4.69, 9.17) is 0 Å². The van der Waals surface area contributed by atoms with E-state index in [0.717, 1.165) is 31.8 Å². The molecule has 1 aliphatic heterocycles. The van der Waals surface area contributed by atoms with Crippen LogP contribution in [0.2, 0.25) is 0 Å². The zero-order valence-electron chi connectivity index (χ0n) is 11.4. The molecule has 0 aromatic rings. The fraction of sp³-hybridized carbons (Fsp3) is 0.933. The first-order valence-electron chi connectivity index (χ1n) is 7.86. The maximum atomic E-state index is 12.4. The van der Waals surface area contributed by atoms with Crippen LogP contribution in [0.5, 0.6) is 0 Å². The molecule has 2 aliphatic carbocycles. The lowest BCUT2D eigenvalue weighted by Crippen LogP contribution is -2.42. The van der Waals surface area contributed by atoms with Gasteiger partial charge < -0.3 is 10.2 Å². The van der Waals surface area contributed by atoms with Crippen LogP contribution in [-0.2, 0) is 4.79 Å². The maximum absolute atomic E-state index is 12.4. The summed E-state index contributed by atoms with van der Waals surface area (Å²) in [5.74, 6) is 1.29. The van der Waals surface area contributed by atoms with Gasteiger partial charge in [0.05, 0.1) is 0 Å². The number of rotatable bonds is 6. The Labute approximate surface area is 110 Å². The van der Waals surface area contributed by atoms with E-state index < -0.39 is 0 Å². The molecule has 0 aromatic carbocycles. The summed E-state index contributed by atoms with van der Waals surface area (Å²) in [6.07, 6.45) is 11.1. The third kappa shape index (κ3) is 3.05. The molecule has 3 aliphatic rings. The molecule has 1 saturated heterocycles. The van der Waals surface area contributed by atoms with Crippen molar-refractivity contribution in [1.82, 2.24) is 10.2 Å². The summed E-state index contributed by atoms with van der Waals surface area (Å²) in [7, 11) is 0. The molecule has 3 nitrogen and oxygen atoms in total. The molecule has 0 spiro atoms. The average Bonchev–Trinajstić information content (AvgIpc) is 3.01. The fourth-order valence-electron chi connectivity index (χ4n) is 3.24. The van der Waals surface area contributed by atoms with Crippen LogP contribution in [0.3, 0.4) is 0 Å². The number of hydrogen-bond acceptors (Lipinski definition) is 2. The molecule has 18 heavy (non-hydrogen) atoms. The molecule has 1 heterocycles. The molecule has 0 unspecified atom stereocenters. The van der Waals surface area contributed by atoms with Crippen molar-refractivity contribution in [2.75, 3.05) is 13.1 Å². The minimum atomic E-state index is 0.429. The number of amides is 1. The predicted molar refractivity (Wildman–Crippen MR) is 72.3 cm³/mol. The van der Waals surface area contributed by atoms with Crippen LogP contribution < -0.4 is 5.32 Å². The van der Waals surface area contributed by atoms with Crippen LogP contribution in [0.25, 0.3) is 0 Å². The van der Waals surface area contributed by atoms with Crippen molar-refractivity contribution in [3.05, 3.63) is 0 Å². The van der Waals surface area contributed by atoms with E-state index in [2.05, 4.69) is 10.2 Å². The summed E-state index contributed by atoms with van der Waals surface area (Å²) in [6.45, 7) is 2.10. The van der Waals surface area contributed by atoms with E-state index in [1.807, 2.05) is 0 Å². The largest absolute Gasteiger partial charge is 0.338 e. The van der Waals surface area contributed by atoms with Gasteiger partial charge in [0.2, 0.25) is 5.91 Å². The standard InChI is InChI=1S/C15H26N2O/c18-15(9-6-12-3-1-4-12)17(14-7-8-14)11-13-5-2-10-16-13/h12-14,16H,1-11H2/t13-/m0/s1. The zero-order chi connectivity index (χ0) is 12.4. The molecule has 3 fully saturated rings. The first kappa shape index (κ1) is 12.5. The Balaban J connectivity index is 1.46. The van der Waals surface area contributed by atoms with Gasteiger partial charge in [0.1, 0.15) is 0 Å². The van der Waals surface area contributed by atoms with Crippen molar-refractivity contribution in [3.8, 4) is 0 Å². The second-order valence-electron chi connectivity index (χ2n) is 6.41. The normalized spacial score (nSPS) is 28.1. The Morgan fingerprint density at radius 1 is 1.11 bits per heavy atom. The second kappa shape index (κ2) is 5.60. The molecule has 0 radical (unpaired) electrons. The first-order valence-corrected chi connectivity index (χ1v) is 7.86. The topological polar surface area (TPSA) is 32.3 Å². The van der Waals surface area contributed by atoms with Crippen LogP contribution in [0, 0.1) is 5.92 Å². The molecule has 1 amide bonds. The van der Waals surface area contributed by atoms with Crippen molar-refractivity contribution >= 4 is 5.91 Å². The van der Waals surface area contributed by atoms with Crippen LogP contribution in [0.1, 0.15) is 57.8 Å². The molecule has 2 saturated carbocycles. The predicted octanol–water partition coefficient (Wildman–Crippen LogP) is 2.31. The number of nitrogens with one attached hydrogen (secondary N) is 1. The van der Waals surface area contributed by atoms with Crippen molar-refractivity contribution in [2.45, 2.75) is 69.9 Å². The highest BCUT2D eigenvalue weighted by molar-refractivity contribution is 5.77. The summed E-state index contributed by atoms with van der Waals surface area (Å²) in [5.41, 5.74) is 0. The Hall–Kier alpha value is -0.570. The number of nitrogens with zero attached hydrogens (tertiary/aromatic N) is 1. The third-order valence-electron chi connectivity index (χ3n) is 4.88. The molecular formula is C15H26N2O. The molecule has 102 valence electrons. The Kier molecular flexibility index (Phi) is 3.88. The van der Waals surface area contributed by atoms with Gasteiger partial charge in [-0.3, -0.25) is 4.79 Å². The van der Waals surface area contributed by atoms with Gasteiger partial charge in [0, 0.05) is 25.0 Å². The zero-order valence-corrected chi connectivity index (χ0v) is 11.4. The molecule has 1 N–H and O–H groups in total. The second-order valence-corrected chi connectivity index (χ2v) is 6.41. The smallest absolute Gasteiger partial charge is 0.222 e. The quantitative estimate of drug-likeness (QED) is 0.784. The van der Waals surface area contributed by atoms with E-state index in [1.54, 1.807) is 0 Å². The molecule has 0 aromatic heterocycles. The van der Waals surface area contributed by atoms with Crippen molar-refractivity contribution < 1.29 is 4.79 Å². The number of hydrogen-bond donors (Lipinski definition) is 1. The van der Waals surface area contributed by atoms with E-state index >= 15 is 0 Å². The first-order chi connectivity index (χ1) is 8.83. The molecule has 1 atom stereocenters. The minimum Gasteiger partial charge on any atom is -0.338 e. The maximum Gasteiger partial charge on any atom is 0.222 e. The lowest BCUT2D eigenvalue weighted by atomic mass is 9.82. The summed E-state index contributed by atoms with van der Waals surface area (Å²) in [5, 5.41) is 3.52. The monoisotopic (exact) mass is 250 g/mol. The summed E-state index contributed by atoms with van der Waals surface area (Å²) < 4.78 is 0. The van der Waals surface area contributed by atoms with Crippen LogP contribution in [-0.4, -0.2) is 36.0 Å². The van der Waals surface area contributed by atoms with Gasteiger partial charge in [-0.25, -0.2) is 0 Å². The lowest BCUT2D eigenvalue weighted by molar-refractivity contribution is -0.132. The molecule has 0 bridgehead atoms. The van der Waals surface area contributed by atoms with Gasteiger partial charge >= 0.3 is 0 Å². The Morgan fingerprint density at radius 3 is 2.50 bits per heavy atom.